The van der Waals surface area contributed by atoms with E-state index in [-0.39, 0.29) is 30.2 Å². The van der Waals surface area contributed by atoms with E-state index >= 15 is 0 Å². The van der Waals surface area contributed by atoms with Crippen LogP contribution >= 0.6 is 11.3 Å². The molecule has 0 aliphatic carbocycles. The van der Waals surface area contributed by atoms with Crippen LogP contribution in [0, 0.1) is 5.13 Å². The molecule has 3 saturated heterocycles. The molecule has 1 aromatic heterocycles. The van der Waals surface area contributed by atoms with Gasteiger partial charge in [0.1, 0.15) is 24.4 Å². The van der Waals surface area contributed by atoms with Crippen LogP contribution in [0.4, 0.5) is 9.52 Å². The molecule has 2 aromatic rings. The smallest absolute Gasteiger partial charge is 0.252 e. The molecule has 41 heavy (non-hydrogen) atoms. The number of hydrogen-bond donors (Lipinski definition) is 1. The zero-order valence-electron chi connectivity index (χ0n) is 22.9. The van der Waals surface area contributed by atoms with E-state index in [0.717, 1.165) is 37.5 Å². The first-order chi connectivity index (χ1) is 19.7. The van der Waals surface area contributed by atoms with E-state index in [1.54, 1.807) is 19.1 Å². The number of nitrogens with one attached hydrogen (secondary N) is 1. The number of carbonyl (C=O) groups excluding carboxylic acids is 3. The number of aromatic nitrogens is 1. The van der Waals surface area contributed by atoms with Gasteiger partial charge >= 0.3 is 0 Å². The van der Waals surface area contributed by atoms with Crippen molar-refractivity contribution < 1.29 is 28.2 Å². The van der Waals surface area contributed by atoms with Gasteiger partial charge in [-0.05, 0) is 31.6 Å². The van der Waals surface area contributed by atoms with Gasteiger partial charge in [-0.2, -0.15) is 4.39 Å². The van der Waals surface area contributed by atoms with Gasteiger partial charge in [0, 0.05) is 55.9 Å². The number of fused-ring (bicyclic) bond motifs is 1. The van der Waals surface area contributed by atoms with Crippen molar-refractivity contribution in [3.8, 4) is 11.3 Å². The highest BCUT2D eigenvalue weighted by molar-refractivity contribution is 7.14. The monoisotopic (exact) mass is 586 g/mol. The van der Waals surface area contributed by atoms with Gasteiger partial charge in [-0.15, -0.1) is 0 Å². The molecule has 1 aromatic carbocycles. The van der Waals surface area contributed by atoms with Crippen LogP contribution in [-0.4, -0.2) is 116 Å². The van der Waals surface area contributed by atoms with Crippen LogP contribution in [0.1, 0.15) is 17.3 Å². The number of Topliss-reactive ketones (excluding diaryl/α,β-unsaturated/α-hetero) is 1. The topological polar surface area (TPSA) is 153 Å². The Kier molecular flexibility index (Phi) is 8.52. The number of benzene rings is 1. The van der Waals surface area contributed by atoms with Gasteiger partial charge in [0.15, 0.2) is 10.9 Å². The molecular weight excluding hydrogens is 555 g/mol. The number of hydrogen-bond acceptors (Lipinski definition) is 10. The van der Waals surface area contributed by atoms with Gasteiger partial charge in [-0.25, -0.2) is 4.98 Å². The van der Waals surface area contributed by atoms with Crippen molar-refractivity contribution in [3.63, 3.8) is 0 Å². The first-order valence-electron chi connectivity index (χ1n) is 13.2. The quantitative estimate of drug-likeness (QED) is 0.279. The molecule has 0 radical (unpaired) electrons. The van der Waals surface area contributed by atoms with E-state index in [9.17, 15) is 18.8 Å². The van der Waals surface area contributed by atoms with E-state index in [2.05, 4.69) is 30.1 Å². The van der Waals surface area contributed by atoms with Crippen LogP contribution in [0.3, 0.4) is 0 Å². The van der Waals surface area contributed by atoms with Gasteiger partial charge in [0.2, 0.25) is 11.0 Å². The molecule has 0 saturated carbocycles. The minimum Gasteiger partial charge on any atom is -0.379 e. The Morgan fingerprint density at radius 1 is 1.27 bits per heavy atom. The predicted molar refractivity (Wildman–Crippen MR) is 148 cm³/mol. The molecule has 13 nitrogen and oxygen atoms in total. The lowest BCUT2D eigenvalue weighted by atomic mass is 10.1. The lowest BCUT2D eigenvalue weighted by molar-refractivity contribution is -0.140. The number of azide groups is 1. The molecule has 5 atom stereocenters. The minimum absolute atomic E-state index is 0.0171. The summed E-state index contributed by atoms with van der Waals surface area (Å²) in [6.45, 7) is 4.72. The average molecular weight is 587 g/mol. The molecule has 2 amide bonds. The fourth-order valence-electron chi connectivity index (χ4n) is 5.33. The van der Waals surface area contributed by atoms with Crippen molar-refractivity contribution in [2.45, 2.75) is 37.3 Å². The second kappa shape index (κ2) is 12.1. The molecule has 5 rings (SSSR count). The number of carbonyl (C=O) groups is 3. The predicted octanol–water partition coefficient (Wildman–Crippen LogP) is 1.69. The largest absolute Gasteiger partial charge is 0.379 e. The average Bonchev–Trinajstić information content (AvgIpc) is 3.66. The summed E-state index contributed by atoms with van der Waals surface area (Å²) in [7, 11) is 3.45. The summed E-state index contributed by atoms with van der Waals surface area (Å²) < 4.78 is 25.7. The van der Waals surface area contributed by atoms with Gasteiger partial charge < -0.3 is 29.5 Å². The highest BCUT2D eigenvalue weighted by Crippen LogP contribution is 2.33. The SMILES string of the molecule is COC(C)C(NC(=O)c1ccc(-c2nc(N3CCN(C)CC3)sc2F)cc1)C(=O)N1CC(N=[N+]=[N-])C2OCC(=O)C21. The molecule has 3 aliphatic heterocycles. The normalized spacial score (nSPS) is 24.1. The molecule has 3 fully saturated rings. The van der Waals surface area contributed by atoms with Crippen molar-refractivity contribution in [2.75, 3.05) is 58.4 Å². The maximum atomic E-state index is 14.8. The maximum Gasteiger partial charge on any atom is 0.252 e. The van der Waals surface area contributed by atoms with Gasteiger partial charge in [-0.3, -0.25) is 14.4 Å². The summed E-state index contributed by atoms with van der Waals surface area (Å²) in [5.74, 6) is -1.39. The van der Waals surface area contributed by atoms with Crippen molar-refractivity contribution >= 4 is 34.1 Å². The number of rotatable bonds is 8. The Morgan fingerprint density at radius 3 is 2.63 bits per heavy atom. The number of likely N-dealkylation sites (tertiary alicyclic amines) is 1. The van der Waals surface area contributed by atoms with Crippen molar-refractivity contribution in [1.29, 1.82) is 0 Å². The van der Waals surface area contributed by atoms with Gasteiger partial charge in [0.25, 0.3) is 5.91 Å². The summed E-state index contributed by atoms with van der Waals surface area (Å²) in [4.78, 5) is 52.2. The third-order valence-electron chi connectivity index (χ3n) is 7.80. The third-order valence-corrected chi connectivity index (χ3v) is 8.71. The number of ether oxygens (including phenoxy) is 2. The van der Waals surface area contributed by atoms with Crippen molar-refractivity contribution in [3.05, 3.63) is 45.4 Å². The zero-order chi connectivity index (χ0) is 29.3. The van der Waals surface area contributed by atoms with E-state index in [0.29, 0.717) is 10.7 Å². The van der Waals surface area contributed by atoms with Gasteiger partial charge in [0.05, 0.1) is 18.2 Å². The number of thiazole rings is 1. The Labute approximate surface area is 239 Å². The standard InChI is InChI=1S/C26H31FN8O5S/c1-14(39-3)19(25(38)35-12-17(31-32-28)22-21(35)18(36)13-40-22)29-24(37)16-6-4-15(5-7-16)20-23(27)41-26(30-20)34-10-8-33(2)9-11-34/h4-7,14,17,19,21-22H,8-13H2,1-3H3,(H,29,37). The van der Waals surface area contributed by atoms with Gasteiger partial charge in [-0.1, -0.05) is 28.6 Å². The number of piperazine rings is 1. The minimum atomic E-state index is -1.13. The molecule has 0 bridgehead atoms. The van der Waals surface area contributed by atoms with Crippen LogP contribution in [-0.2, 0) is 19.1 Å². The van der Waals surface area contributed by atoms with E-state index in [1.807, 2.05) is 7.05 Å². The van der Waals surface area contributed by atoms with Crippen LogP contribution in [0.5, 0.6) is 0 Å². The second-order valence-electron chi connectivity index (χ2n) is 10.3. The van der Waals surface area contributed by atoms with Crippen molar-refractivity contribution in [2.24, 2.45) is 5.11 Å². The number of methoxy groups -OCH3 is 1. The summed E-state index contributed by atoms with van der Waals surface area (Å²) in [5.41, 5.74) is 9.90. The van der Waals surface area contributed by atoms with E-state index < -0.39 is 47.3 Å². The first-order valence-corrected chi connectivity index (χ1v) is 14.1. The third kappa shape index (κ3) is 5.76. The fraction of sp³-hybridized carbons (Fsp3) is 0.538. The van der Waals surface area contributed by atoms with E-state index in [1.165, 1.54) is 24.1 Å². The highest BCUT2D eigenvalue weighted by Gasteiger charge is 2.53. The molecule has 0 spiro atoms. The number of ketones is 1. The second-order valence-corrected chi connectivity index (χ2v) is 11.3. The van der Waals surface area contributed by atoms with Crippen LogP contribution in [0.25, 0.3) is 21.7 Å². The summed E-state index contributed by atoms with van der Waals surface area (Å²) in [5, 5.41) is 6.63. The highest BCUT2D eigenvalue weighted by atomic mass is 32.1. The molecule has 1 N–H and O–H groups in total. The number of halogens is 1. The fourth-order valence-corrected chi connectivity index (χ4v) is 6.19. The van der Waals surface area contributed by atoms with Crippen LogP contribution in [0.2, 0.25) is 0 Å². The molecule has 4 heterocycles. The Hall–Kier alpha value is -3.62. The maximum absolute atomic E-state index is 14.8. The zero-order valence-corrected chi connectivity index (χ0v) is 23.7. The van der Waals surface area contributed by atoms with Crippen LogP contribution < -0.4 is 10.2 Å². The summed E-state index contributed by atoms with van der Waals surface area (Å²) >= 11 is 1.00. The Balaban J connectivity index is 1.30. The number of anilines is 1. The molecule has 15 heteroatoms. The lowest BCUT2D eigenvalue weighted by Crippen LogP contribution is -2.56. The number of likely N-dealkylation sites (N-methyl/N-ethyl adjacent to an activating group) is 1. The Bertz CT molecular complexity index is 1360. The molecular formula is C26H31FN8O5S. The Morgan fingerprint density at radius 2 is 1.98 bits per heavy atom. The van der Waals surface area contributed by atoms with Crippen molar-refractivity contribution in [1.82, 2.24) is 20.1 Å². The molecule has 5 unspecified atom stereocenters. The summed E-state index contributed by atoms with van der Waals surface area (Å²) in [6.07, 6.45) is -1.47. The molecule has 218 valence electrons. The van der Waals surface area contributed by atoms with E-state index in [4.69, 9.17) is 15.0 Å². The number of amides is 2. The summed E-state index contributed by atoms with van der Waals surface area (Å²) in [6, 6.07) is 3.55. The van der Waals surface area contributed by atoms with Crippen LogP contribution in [0.15, 0.2) is 29.4 Å². The number of nitrogens with zero attached hydrogens (tertiary/aromatic N) is 7. The first kappa shape index (κ1) is 28.9. The molecule has 3 aliphatic rings. The lowest BCUT2D eigenvalue weighted by Gasteiger charge is -2.31.